The van der Waals surface area contributed by atoms with E-state index in [0.29, 0.717) is 6.42 Å². The van der Waals surface area contributed by atoms with E-state index in [1.54, 1.807) is 13.0 Å². The molecule has 70 valence electrons. The lowest BCUT2D eigenvalue weighted by molar-refractivity contribution is -0.347. The Labute approximate surface area is 71.3 Å². The van der Waals surface area contributed by atoms with Gasteiger partial charge in [0.25, 0.3) is 0 Å². The molecule has 0 bridgehead atoms. The van der Waals surface area contributed by atoms with E-state index in [9.17, 15) is 5.11 Å². The molecule has 1 heterocycles. The van der Waals surface area contributed by atoms with Gasteiger partial charge in [0.05, 0.1) is 12.7 Å². The van der Waals surface area contributed by atoms with E-state index >= 15 is 0 Å². The smallest absolute Gasteiger partial charge is 0.126 e. The third kappa shape index (κ3) is 1.84. The van der Waals surface area contributed by atoms with Gasteiger partial charge in [-0.2, -0.15) is 0 Å². The largest absolute Gasteiger partial charge is 0.390 e. The highest BCUT2D eigenvalue weighted by molar-refractivity contribution is 4.94. The molecule has 0 aliphatic carbocycles. The standard InChI is InChI=1S/C8H14O4/c1-3-7-6(9)4-8(2,12-10)5-11-7/h3,6-7,9-10H,1,4-5H2,2H3/t6-,7+,8+/m0/s1. The fourth-order valence-electron chi connectivity index (χ4n) is 1.29. The molecule has 4 nitrogen and oxygen atoms in total. The zero-order valence-electron chi connectivity index (χ0n) is 7.06. The van der Waals surface area contributed by atoms with Crippen LogP contribution in [0.5, 0.6) is 0 Å². The van der Waals surface area contributed by atoms with E-state index in [-0.39, 0.29) is 12.7 Å². The molecule has 2 N–H and O–H groups in total. The number of aliphatic hydroxyl groups excluding tert-OH is 1. The van der Waals surface area contributed by atoms with Gasteiger partial charge in [-0.3, -0.25) is 5.26 Å². The Kier molecular flexibility index (Phi) is 2.85. The topological polar surface area (TPSA) is 58.9 Å². The SMILES string of the molecule is C=C[C@H]1OC[C@](C)(OO)C[C@@H]1O. The molecule has 1 fully saturated rings. The number of rotatable bonds is 2. The lowest BCUT2D eigenvalue weighted by Gasteiger charge is -2.36. The van der Waals surface area contributed by atoms with Crippen molar-refractivity contribution in [3.8, 4) is 0 Å². The van der Waals surface area contributed by atoms with Crippen LogP contribution in [0.3, 0.4) is 0 Å². The van der Waals surface area contributed by atoms with E-state index in [4.69, 9.17) is 9.99 Å². The summed E-state index contributed by atoms with van der Waals surface area (Å²) in [5, 5.41) is 18.0. The molecule has 0 unspecified atom stereocenters. The first-order chi connectivity index (χ1) is 5.61. The maximum absolute atomic E-state index is 9.45. The van der Waals surface area contributed by atoms with Crippen molar-refractivity contribution in [1.82, 2.24) is 0 Å². The molecule has 1 aliphatic heterocycles. The molecule has 1 aliphatic rings. The molecular formula is C8H14O4. The van der Waals surface area contributed by atoms with Gasteiger partial charge in [0.2, 0.25) is 0 Å². The first-order valence-corrected chi connectivity index (χ1v) is 3.86. The first kappa shape index (κ1) is 9.67. The van der Waals surface area contributed by atoms with E-state index in [1.807, 2.05) is 0 Å². The highest BCUT2D eigenvalue weighted by atomic mass is 17.1. The summed E-state index contributed by atoms with van der Waals surface area (Å²) in [6.07, 6.45) is 0.878. The molecule has 0 aromatic carbocycles. The number of hydrogen-bond donors (Lipinski definition) is 2. The highest BCUT2D eigenvalue weighted by Crippen LogP contribution is 2.26. The maximum atomic E-state index is 9.45. The summed E-state index contributed by atoms with van der Waals surface area (Å²) in [4.78, 5) is 4.22. The molecular weight excluding hydrogens is 160 g/mol. The fourth-order valence-corrected chi connectivity index (χ4v) is 1.29. The minimum absolute atomic E-state index is 0.261. The van der Waals surface area contributed by atoms with Crippen LogP contribution in [0.15, 0.2) is 12.7 Å². The van der Waals surface area contributed by atoms with Crippen LogP contribution in [0.2, 0.25) is 0 Å². The summed E-state index contributed by atoms with van der Waals surface area (Å²) < 4.78 is 5.19. The average Bonchev–Trinajstić information content (AvgIpc) is 2.05. The third-order valence-corrected chi connectivity index (χ3v) is 2.05. The van der Waals surface area contributed by atoms with Gasteiger partial charge in [0.15, 0.2) is 0 Å². The lowest BCUT2D eigenvalue weighted by Crippen LogP contribution is -2.48. The van der Waals surface area contributed by atoms with Crippen LogP contribution in [-0.4, -0.2) is 34.8 Å². The molecule has 0 aromatic rings. The molecule has 0 aromatic heterocycles. The minimum atomic E-state index is -0.793. The molecule has 0 amide bonds. The van der Waals surface area contributed by atoms with Crippen molar-refractivity contribution >= 4 is 0 Å². The van der Waals surface area contributed by atoms with Crippen LogP contribution in [0, 0.1) is 0 Å². The van der Waals surface area contributed by atoms with Gasteiger partial charge >= 0.3 is 0 Å². The zero-order chi connectivity index (χ0) is 9.19. The van der Waals surface area contributed by atoms with Gasteiger partial charge in [0.1, 0.15) is 11.7 Å². The Morgan fingerprint density at radius 1 is 1.75 bits per heavy atom. The summed E-state index contributed by atoms with van der Waals surface area (Å²) in [7, 11) is 0. The lowest BCUT2D eigenvalue weighted by atomic mass is 9.93. The molecule has 0 saturated carbocycles. The normalized spacial score (nSPS) is 42.6. The Morgan fingerprint density at radius 3 is 2.83 bits per heavy atom. The zero-order valence-corrected chi connectivity index (χ0v) is 7.06. The highest BCUT2D eigenvalue weighted by Gasteiger charge is 2.38. The van der Waals surface area contributed by atoms with E-state index in [0.717, 1.165) is 0 Å². The Bertz CT molecular complexity index is 170. The van der Waals surface area contributed by atoms with Crippen molar-refractivity contribution in [2.75, 3.05) is 6.61 Å². The molecule has 4 heteroatoms. The molecule has 3 atom stereocenters. The van der Waals surface area contributed by atoms with Crippen molar-refractivity contribution in [2.24, 2.45) is 0 Å². The molecule has 1 rings (SSSR count). The molecule has 12 heavy (non-hydrogen) atoms. The quantitative estimate of drug-likeness (QED) is 0.365. The average molecular weight is 174 g/mol. The monoisotopic (exact) mass is 174 g/mol. The van der Waals surface area contributed by atoms with Crippen LogP contribution in [0.1, 0.15) is 13.3 Å². The van der Waals surface area contributed by atoms with Crippen LogP contribution in [0.25, 0.3) is 0 Å². The summed E-state index contributed by atoms with van der Waals surface area (Å²) >= 11 is 0. The molecule has 0 spiro atoms. The maximum Gasteiger partial charge on any atom is 0.126 e. The van der Waals surface area contributed by atoms with Gasteiger partial charge in [-0.1, -0.05) is 6.08 Å². The Balaban J connectivity index is 2.56. The third-order valence-electron chi connectivity index (χ3n) is 2.05. The van der Waals surface area contributed by atoms with Crippen molar-refractivity contribution in [2.45, 2.75) is 31.2 Å². The minimum Gasteiger partial charge on any atom is -0.390 e. The second-order valence-electron chi connectivity index (χ2n) is 3.32. The van der Waals surface area contributed by atoms with E-state index < -0.39 is 11.7 Å². The van der Waals surface area contributed by atoms with E-state index in [1.165, 1.54) is 0 Å². The van der Waals surface area contributed by atoms with Crippen molar-refractivity contribution in [3.05, 3.63) is 12.7 Å². The van der Waals surface area contributed by atoms with Crippen LogP contribution in [0.4, 0.5) is 0 Å². The van der Waals surface area contributed by atoms with Gasteiger partial charge in [-0.05, 0) is 6.92 Å². The van der Waals surface area contributed by atoms with Gasteiger partial charge in [-0.15, -0.1) is 6.58 Å². The number of ether oxygens (including phenoxy) is 1. The van der Waals surface area contributed by atoms with Gasteiger partial charge < -0.3 is 9.84 Å². The summed E-state index contributed by atoms with van der Waals surface area (Å²) in [6.45, 7) is 5.46. The summed E-state index contributed by atoms with van der Waals surface area (Å²) in [6, 6.07) is 0. The van der Waals surface area contributed by atoms with Crippen LogP contribution < -0.4 is 0 Å². The first-order valence-electron chi connectivity index (χ1n) is 3.86. The number of hydrogen-bond acceptors (Lipinski definition) is 4. The Hall–Kier alpha value is -0.420. The molecule has 0 radical (unpaired) electrons. The molecule has 1 saturated heterocycles. The predicted octanol–water partition coefficient (Wildman–Crippen LogP) is 0.570. The van der Waals surface area contributed by atoms with Crippen molar-refractivity contribution in [3.63, 3.8) is 0 Å². The summed E-state index contributed by atoms with van der Waals surface area (Å²) in [5.74, 6) is 0. The fraction of sp³-hybridized carbons (Fsp3) is 0.750. The van der Waals surface area contributed by atoms with Gasteiger partial charge in [-0.25, -0.2) is 4.89 Å². The van der Waals surface area contributed by atoms with E-state index in [2.05, 4.69) is 11.5 Å². The summed E-state index contributed by atoms with van der Waals surface area (Å²) in [5.41, 5.74) is -0.793. The second kappa shape index (κ2) is 3.53. The van der Waals surface area contributed by atoms with Crippen LogP contribution in [-0.2, 0) is 9.62 Å². The van der Waals surface area contributed by atoms with Crippen LogP contribution >= 0.6 is 0 Å². The van der Waals surface area contributed by atoms with Crippen molar-refractivity contribution < 1.29 is 20.0 Å². The predicted molar refractivity (Wildman–Crippen MR) is 42.7 cm³/mol. The van der Waals surface area contributed by atoms with Gasteiger partial charge in [0, 0.05) is 6.42 Å². The second-order valence-corrected chi connectivity index (χ2v) is 3.32. The number of aliphatic hydroxyl groups is 1. The Morgan fingerprint density at radius 2 is 2.42 bits per heavy atom. The van der Waals surface area contributed by atoms with Crippen molar-refractivity contribution in [1.29, 1.82) is 0 Å².